The zero-order valence-corrected chi connectivity index (χ0v) is 16.6. The summed E-state index contributed by atoms with van der Waals surface area (Å²) in [5.74, 6) is 0.359. The molecule has 0 unspecified atom stereocenters. The molecule has 3 aromatic carbocycles. The number of amides is 1. The van der Waals surface area contributed by atoms with E-state index in [4.69, 9.17) is 4.74 Å². The zero-order valence-electron chi connectivity index (χ0n) is 16.6. The lowest BCUT2D eigenvalue weighted by molar-refractivity contribution is -0.116. The number of nitrogens with one attached hydrogen (secondary N) is 1. The van der Waals surface area contributed by atoms with E-state index >= 15 is 0 Å². The number of hydrogen-bond acceptors (Lipinski definition) is 2. The first-order chi connectivity index (χ1) is 14.6. The van der Waals surface area contributed by atoms with Crippen molar-refractivity contribution >= 4 is 22.5 Å². The van der Waals surface area contributed by atoms with Crippen LogP contribution in [0.15, 0.2) is 72.9 Å². The van der Waals surface area contributed by atoms with Gasteiger partial charge in [0.1, 0.15) is 11.6 Å². The molecule has 1 aliphatic heterocycles. The van der Waals surface area contributed by atoms with Gasteiger partial charge in [0.15, 0.2) is 0 Å². The van der Waals surface area contributed by atoms with Gasteiger partial charge < -0.3 is 14.6 Å². The maximum atomic E-state index is 13.7. The van der Waals surface area contributed by atoms with Gasteiger partial charge in [0.05, 0.1) is 18.3 Å². The Morgan fingerprint density at radius 3 is 2.73 bits per heavy atom. The van der Waals surface area contributed by atoms with Crippen molar-refractivity contribution in [1.82, 2.24) is 4.57 Å². The number of hydrogen-bond donors (Lipinski definition) is 1. The number of methoxy groups -OCH3 is 1. The quantitative estimate of drug-likeness (QED) is 0.504. The molecule has 0 bridgehead atoms. The molecule has 1 aliphatic rings. The van der Waals surface area contributed by atoms with E-state index in [1.54, 1.807) is 19.2 Å². The molecule has 1 amide bonds. The minimum atomic E-state index is -0.245. The molecule has 30 heavy (non-hydrogen) atoms. The lowest BCUT2D eigenvalue weighted by Gasteiger charge is -2.17. The number of nitrogens with zero attached hydrogens (tertiary/aromatic N) is 1. The highest BCUT2D eigenvalue weighted by molar-refractivity contribution is 6.06. The van der Waals surface area contributed by atoms with Crippen molar-refractivity contribution in [2.24, 2.45) is 0 Å². The van der Waals surface area contributed by atoms with Crippen molar-refractivity contribution in [3.8, 4) is 5.75 Å². The van der Waals surface area contributed by atoms with Gasteiger partial charge in [-0.1, -0.05) is 36.4 Å². The van der Waals surface area contributed by atoms with Crippen LogP contribution in [-0.2, 0) is 11.3 Å². The van der Waals surface area contributed by atoms with Crippen LogP contribution in [-0.4, -0.2) is 17.6 Å². The van der Waals surface area contributed by atoms with Gasteiger partial charge in [-0.2, -0.15) is 0 Å². The van der Waals surface area contributed by atoms with Crippen LogP contribution in [0.2, 0.25) is 0 Å². The number of benzene rings is 3. The fraction of sp³-hybridized carbons (Fsp3) is 0.160. The van der Waals surface area contributed by atoms with Gasteiger partial charge in [0, 0.05) is 36.0 Å². The maximum Gasteiger partial charge on any atom is 0.225 e. The fourth-order valence-corrected chi connectivity index (χ4v) is 4.44. The molecular formula is C25H21FN2O2. The molecule has 5 rings (SSSR count). The molecule has 1 atom stereocenters. The third-order valence-electron chi connectivity index (χ3n) is 5.73. The first-order valence-corrected chi connectivity index (χ1v) is 9.93. The molecule has 0 saturated carbocycles. The second kappa shape index (κ2) is 7.34. The molecule has 0 aliphatic carbocycles. The molecule has 4 aromatic rings. The van der Waals surface area contributed by atoms with Crippen molar-refractivity contribution in [2.45, 2.75) is 18.9 Å². The van der Waals surface area contributed by atoms with Gasteiger partial charge in [-0.25, -0.2) is 4.39 Å². The molecule has 1 N–H and O–H groups in total. The zero-order chi connectivity index (χ0) is 20.7. The molecule has 0 saturated heterocycles. The first kappa shape index (κ1) is 18.4. The van der Waals surface area contributed by atoms with E-state index < -0.39 is 0 Å². The van der Waals surface area contributed by atoms with Crippen molar-refractivity contribution < 1.29 is 13.9 Å². The Bertz CT molecular complexity index is 1260. The van der Waals surface area contributed by atoms with Gasteiger partial charge in [-0.3, -0.25) is 4.79 Å². The van der Waals surface area contributed by atoms with E-state index in [1.165, 1.54) is 6.07 Å². The molecule has 4 nitrogen and oxygen atoms in total. The Kier molecular flexibility index (Phi) is 4.51. The SMILES string of the molecule is COc1ccccc1[C@@H]1CC(=O)Nc2cccc3c2c1cn3Cc1cccc(F)c1. The van der Waals surface area contributed by atoms with Crippen LogP contribution in [0.5, 0.6) is 5.75 Å². The summed E-state index contributed by atoms with van der Waals surface area (Å²) in [6.45, 7) is 0.546. The van der Waals surface area contributed by atoms with Crippen LogP contribution in [0.25, 0.3) is 10.9 Å². The summed E-state index contributed by atoms with van der Waals surface area (Å²) in [7, 11) is 1.65. The lowest BCUT2D eigenvalue weighted by atomic mass is 9.88. The van der Waals surface area contributed by atoms with E-state index in [-0.39, 0.29) is 17.6 Å². The summed E-state index contributed by atoms with van der Waals surface area (Å²) in [4.78, 5) is 12.7. The number of halogens is 1. The van der Waals surface area contributed by atoms with Gasteiger partial charge >= 0.3 is 0 Å². The molecule has 0 fully saturated rings. The number of aromatic nitrogens is 1. The highest BCUT2D eigenvalue weighted by atomic mass is 19.1. The van der Waals surface area contributed by atoms with Crippen molar-refractivity contribution in [3.05, 3.63) is 95.4 Å². The topological polar surface area (TPSA) is 43.3 Å². The molecule has 0 spiro atoms. The second-order valence-electron chi connectivity index (χ2n) is 7.59. The smallest absolute Gasteiger partial charge is 0.225 e. The van der Waals surface area contributed by atoms with Crippen LogP contribution in [0.4, 0.5) is 10.1 Å². The molecule has 1 aromatic heterocycles. The summed E-state index contributed by atoms with van der Waals surface area (Å²) >= 11 is 0. The summed E-state index contributed by atoms with van der Waals surface area (Å²) in [5, 5.41) is 4.08. The van der Waals surface area contributed by atoms with E-state index in [1.807, 2.05) is 48.5 Å². The summed E-state index contributed by atoms with van der Waals surface area (Å²) in [6.07, 6.45) is 2.42. The first-order valence-electron chi connectivity index (χ1n) is 9.93. The predicted molar refractivity (Wildman–Crippen MR) is 116 cm³/mol. The monoisotopic (exact) mass is 400 g/mol. The minimum absolute atomic E-state index is 0.0220. The van der Waals surface area contributed by atoms with Gasteiger partial charge in [0.25, 0.3) is 0 Å². The van der Waals surface area contributed by atoms with Crippen molar-refractivity contribution in [1.29, 1.82) is 0 Å². The molecule has 2 heterocycles. The van der Waals surface area contributed by atoms with Crippen LogP contribution < -0.4 is 10.1 Å². The van der Waals surface area contributed by atoms with E-state index in [0.29, 0.717) is 13.0 Å². The maximum absolute atomic E-state index is 13.7. The number of ether oxygens (including phenoxy) is 1. The van der Waals surface area contributed by atoms with Crippen molar-refractivity contribution in [2.75, 3.05) is 12.4 Å². The fourth-order valence-electron chi connectivity index (χ4n) is 4.44. The number of carbonyl (C=O) groups excluding carboxylic acids is 1. The summed E-state index contributed by atoms with van der Waals surface area (Å²) in [5.41, 5.74) is 4.76. The van der Waals surface area contributed by atoms with Gasteiger partial charge in [0.2, 0.25) is 5.91 Å². The molecular weight excluding hydrogens is 379 g/mol. The average molecular weight is 400 g/mol. The highest BCUT2D eigenvalue weighted by Gasteiger charge is 2.29. The highest BCUT2D eigenvalue weighted by Crippen LogP contribution is 2.43. The normalized spacial score (nSPS) is 15.7. The Hall–Kier alpha value is -3.60. The van der Waals surface area contributed by atoms with E-state index in [0.717, 1.165) is 39.0 Å². The van der Waals surface area contributed by atoms with E-state index in [9.17, 15) is 9.18 Å². The van der Waals surface area contributed by atoms with Crippen LogP contribution in [0.1, 0.15) is 29.0 Å². The summed E-state index contributed by atoms with van der Waals surface area (Å²) < 4.78 is 21.4. The van der Waals surface area contributed by atoms with Crippen LogP contribution in [0.3, 0.4) is 0 Å². The minimum Gasteiger partial charge on any atom is -0.496 e. The second-order valence-corrected chi connectivity index (χ2v) is 7.59. The third-order valence-corrected chi connectivity index (χ3v) is 5.73. The van der Waals surface area contributed by atoms with Crippen LogP contribution in [0, 0.1) is 5.82 Å². The average Bonchev–Trinajstić information content (AvgIpc) is 3.04. The van der Waals surface area contributed by atoms with Crippen molar-refractivity contribution in [3.63, 3.8) is 0 Å². The third kappa shape index (κ3) is 3.12. The standard InChI is InChI=1S/C25H21FN2O2/c1-30-23-11-3-2-8-18(23)19-13-24(29)27-21-9-5-10-22-25(21)20(19)15-28(22)14-16-6-4-7-17(26)12-16/h2-12,15,19H,13-14H2,1H3,(H,27,29)/t19-/m0/s1. The molecule has 150 valence electrons. The summed E-state index contributed by atoms with van der Waals surface area (Å²) in [6, 6.07) is 20.4. The van der Waals surface area contributed by atoms with Crippen LogP contribution >= 0.6 is 0 Å². The van der Waals surface area contributed by atoms with Gasteiger partial charge in [-0.05, 0) is 41.5 Å². The number of para-hydroxylation sites is 1. The van der Waals surface area contributed by atoms with E-state index in [2.05, 4.69) is 16.1 Å². The Morgan fingerprint density at radius 1 is 1.07 bits per heavy atom. The lowest BCUT2D eigenvalue weighted by Crippen LogP contribution is -2.14. The molecule has 5 heteroatoms. The number of anilines is 1. The predicted octanol–water partition coefficient (Wildman–Crippen LogP) is 5.31. The Balaban J connectivity index is 1.71. The Morgan fingerprint density at radius 2 is 1.90 bits per heavy atom. The Labute approximate surface area is 173 Å². The van der Waals surface area contributed by atoms with Gasteiger partial charge in [-0.15, -0.1) is 0 Å². The molecule has 0 radical (unpaired) electrons. The largest absolute Gasteiger partial charge is 0.496 e. The number of carbonyl (C=O) groups is 1. The number of rotatable bonds is 4.